The van der Waals surface area contributed by atoms with Crippen molar-refractivity contribution in [3.63, 3.8) is 0 Å². The van der Waals surface area contributed by atoms with Gasteiger partial charge in [-0.25, -0.2) is 15.0 Å². The van der Waals surface area contributed by atoms with Crippen molar-refractivity contribution in [3.05, 3.63) is 47.2 Å². The van der Waals surface area contributed by atoms with Gasteiger partial charge < -0.3 is 4.74 Å². The first kappa shape index (κ1) is 16.1. The number of methoxy groups -OCH3 is 1. The first-order valence-corrected chi connectivity index (χ1v) is 8.92. The average Bonchev–Trinajstić information content (AvgIpc) is 2.68. The van der Waals surface area contributed by atoms with E-state index in [0.29, 0.717) is 5.88 Å². The van der Waals surface area contributed by atoms with Crippen molar-refractivity contribution in [2.75, 3.05) is 20.2 Å². The van der Waals surface area contributed by atoms with Gasteiger partial charge in [-0.2, -0.15) is 0 Å². The van der Waals surface area contributed by atoms with Crippen LogP contribution in [0.4, 0.5) is 0 Å². The minimum absolute atomic E-state index is 0.704. The number of pyridine rings is 1. The van der Waals surface area contributed by atoms with E-state index in [1.165, 1.54) is 24.1 Å². The Hall–Kier alpha value is -2.34. The standard InChI is InChI=1S/C19H23N5O/c1-25-19-14(5-4-9-21-19)12-24-10-7-16-15(13-24)11-22-18(23-16)17-6-2-3-8-20-17/h4-5,9,11H,2-3,6-8,10,12-13H2,1H3. The molecule has 25 heavy (non-hydrogen) atoms. The molecule has 0 amide bonds. The summed E-state index contributed by atoms with van der Waals surface area (Å²) in [6, 6.07) is 4.03. The molecule has 0 saturated carbocycles. The predicted molar refractivity (Wildman–Crippen MR) is 95.9 cm³/mol. The van der Waals surface area contributed by atoms with Gasteiger partial charge in [-0.3, -0.25) is 9.89 Å². The summed E-state index contributed by atoms with van der Waals surface area (Å²) in [4.78, 5) is 20.7. The molecule has 130 valence electrons. The van der Waals surface area contributed by atoms with E-state index in [0.717, 1.165) is 56.1 Å². The zero-order valence-electron chi connectivity index (χ0n) is 14.6. The van der Waals surface area contributed by atoms with Crippen molar-refractivity contribution in [1.29, 1.82) is 0 Å². The molecular formula is C19H23N5O. The van der Waals surface area contributed by atoms with Gasteiger partial charge in [-0.15, -0.1) is 0 Å². The van der Waals surface area contributed by atoms with Crippen LogP contribution in [0.25, 0.3) is 0 Å². The highest BCUT2D eigenvalue weighted by molar-refractivity contribution is 5.97. The maximum Gasteiger partial charge on any atom is 0.217 e. The van der Waals surface area contributed by atoms with Crippen LogP contribution in [0.15, 0.2) is 29.5 Å². The Bertz CT molecular complexity index is 789. The molecule has 0 bridgehead atoms. The van der Waals surface area contributed by atoms with E-state index >= 15 is 0 Å². The SMILES string of the molecule is COc1ncccc1CN1CCc2nc(C3=NCCCC3)ncc2C1. The lowest BCUT2D eigenvalue weighted by Crippen LogP contribution is -2.31. The molecule has 4 heterocycles. The van der Waals surface area contributed by atoms with Gasteiger partial charge >= 0.3 is 0 Å². The lowest BCUT2D eigenvalue weighted by Gasteiger charge is -2.28. The second-order valence-electron chi connectivity index (χ2n) is 6.58. The molecule has 0 spiro atoms. The third-order valence-corrected chi connectivity index (χ3v) is 4.83. The van der Waals surface area contributed by atoms with Crippen LogP contribution in [0.2, 0.25) is 0 Å². The van der Waals surface area contributed by atoms with Crippen LogP contribution < -0.4 is 4.74 Å². The van der Waals surface area contributed by atoms with Crippen LogP contribution in [-0.2, 0) is 19.5 Å². The number of hydrogen-bond donors (Lipinski definition) is 0. The normalized spacial score (nSPS) is 17.7. The van der Waals surface area contributed by atoms with Crippen LogP contribution in [0.3, 0.4) is 0 Å². The summed E-state index contributed by atoms with van der Waals surface area (Å²) in [5, 5.41) is 0. The van der Waals surface area contributed by atoms with Crippen LogP contribution in [0.5, 0.6) is 5.88 Å². The number of hydrogen-bond acceptors (Lipinski definition) is 6. The van der Waals surface area contributed by atoms with Gasteiger partial charge in [0, 0.05) is 56.1 Å². The Morgan fingerprint density at radius 3 is 3.00 bits per heavy atom. The van der Waals surface area contributed by atoms with Gasteiger partial charge in [0.25, 0.3) is 0 Å². The maximum absolute atomic E-state index is 5.36. The molecule has 0 atom stereocenters. The van der Waals surface area contributed by atoms with E-state index in [1.807, 2.05) is 12.3 Å². The van der Waals surface area contributed by atoms with Crippen molar-refractivity contribution >= 4 is 5.71 Å². The molecule has 2 aliphatic heterocycles. The lowest BCUT2D eigenvalue weighted by atomic mass is 10.0. The second-order valence-corrected chi connectivity index (χ2v) is 6.58. The Morgan fingerprint density at radius 1 is 1.20 bits per heavy atom. The van der Waals surface area contributed by atoms with Crippen LogP contribution in [0, 0.1) is 0 Å². The van der Waals surface area contributed by atoms with Crippen LogP contribution >= 0.6 is 0 Å². The molecule has 2 aliphatic rings. The highest BCUT2D eigenvalue weighted by Gasteiger charge is 2.21. The molecule has 6 nitrogen and oxygen atoms in total. The van der Waals surface area contributed by atoms with E-state index in [9.17, 15) is 0 Å². The first-order chi connectivity index (χ1) is 12.3. The first-order valence-electron chi connectivity index (χ1n) is 8.92. The Kier molecular flexibility index (Phi) is 4.70. The molecule has 0 aromatic carbocycles. The minimum atomic E-state index is 0.704. The smallest absolute Gasteiger partial charge is 0.217 e. The second kappa shape index (κ2) is 7.27. The number of ether oxygens (including phenoxy) is 1. The number of aromatic nitrogens is 3. The van der Waals surface area contributed by atoms with Crippen molar-refractivity contribution in [2.24, 2.45) is 4.99 Å². The summed E-state index contributed by atoms with van der Waals surface area (Å²) in [5.41, 5.74) is 4.58. The number of aliphatic imine (C=N–C) groups is 1. The maximum atomic E-state index is 5.36. The van der Waals surface area contributed by atoms with E-state index in [-0.39, 0.29) is 0 Å². The summed E-state index contributed by atoms with van der Waals surface area (Å²) < 4.78 is 5.36. The topological polar surface area (TPSA) is 63.5 Å². The molecule has 6 heteroatoms. The van der Waals surface area contributed by atoms with Gasteiger partial charge in [0.2, 0.25) is 5.88 Å². The van der Waals surface area contributed by atoms with Crippen LogP contribution in [-0.4, -0.2) is 45.8 Å². The van der Waals surface area contributed by atoms with Crippen molar-refractivity contribution < 1.29 is 4.74 Å². The predicted octanol–water partition coefficient (Wildman–Crippen LogP) is 2.41. The largest absolute Gasteiger partial charge is 0.481 e. The zero-order chi connectivity index (χ0) is 17.1. The fraction of sp³-hybridized carbons (Fsp3) is 0.474. The summed E-state index contributed by atoms with van der Waals surface area (Å²) >= 11 is 0. The van der Waals surface area contributed by atoms with Gasteiger partial charge in [-0.1, -0.05) is 6.07 Å². The monoisotopic (exact) mass is 337 g/mol. The molecule has 2 aromatic rings. The fourth-order valence-corrected chi connectivity index (χ4v) is 3.50. The van der Waals surface area contributed by atoms with Crippen LogP contribution in [0.1, 0.15) is 41.9 Å². The van der Waals surface area contributed by atoms with Gasteiger partial charge in [-0.05, 0) is 25.3 Å². The van der Waals surface area contributed by atoms with Gasteiger partial charge in [0.1, 0.15) is 0 Å². The van der Waals surface area contributed by atoms with Gasteiger partial charge in [0.15, 0.2) is 5.82 Å². The van der Waals surface area contributed by atoms with E-state index in [2.05, 4.69) is 25.9 Å². The Morgan fingerprint density at radius 2 is 2.16 bits per heavy atom. The lowest BCUT2D eigenvalue weighted by molar-refractivity contribution is 0.238. The Balaban J connectivity index is 1.49. The zero-order valence-corrected chi connectivity index (χ0v) is 14.6. The Labute approximate surface area is 148 Å². The highest BCUT2D eigenvalue weighted by Crippen LogP contribution is 2.22. The molecular weight excluding hydrogens is 314 g/mol. The summed E-state index contributed by atoms with van der Waals surface area (Å²) in [6.07, 6.45) is 8.08. The minimum Gasteiger partial charge on any atom is -0.481 e. The van der Waals surface area contributed by atoms with Gasteiger partial charge in [0.05, 0.1) is 18.5 Å². The molecule has 0 unspecified atom stereocenters. The van der Waals surface area contributed by atoms with E-state index in [1.54, 1.807) is 13.3 Å². The number of nitrogens with zero attached hydrogens (tertiary/aromatic N) is 5. The van der Waals surface area contributed by atoms with Crippen molar-refractivity contribution in [3.8, 4) is 5.88 Å². The van der Waals surface area contributed by atoms with Crippen molar-refractivity contribution in [2.45, 2.75) is 38.8 Å². The van der Waals surface area contributed by atoms with E-state index in [4.69, 9.17) is 9.72 Å². The molecule has 0 aliphatic carbocycles. The number of fused-ring (bicyclic) bond motifs is 1. The third kappa shape index (κ3) is 3.54. The average molecular weight is 337 g/mol. The van der Waals surface area contributed by atoms with Crippen molar-refractivity contribution in [1.82, 2.24) is 19.9 Å². The molecule has 4 rings (SSSR count). The molecule has 0 N–H and O–H groups in total. The quantitative estimate of drug-likeness (QED) is 0.857. The summed E-state index contributed by atoms with van der Waals surface area (Å²) in [5.74, 6) is 1.54. The number of rotatable bonds is 4. The summed E-state index contributed by atoms with van der Waals surface area (Å²) in [6.45, 7) is 3.58. The summed E-state index contributed by atoms with van der Waals surface area (Å²) in [7, 11) is 1.67. The molecule has 2 aromatic heterocycles. The molecule has 0 radical (unpaired) electrons. The third-order valence-electron chi connectivity index (χ3n) is 4.83. The highest BCUT2D eigenvalue weighted by atomic mass is 16.5. The fourth-order valence-electron chi connectivity index (χ4n) is 3.50. The molecule has 0 saturated heterocycles. The van der Waals surface area contributed by atoms with E-state index < -0.39 is 0 Å². The molecule has 0 fully saturated rings.